The van der Waals surface area contributed by atoms with Gasteiger partial charge in [0.05, 0.1) is 26.4 Å². The normalized spacial score (nSPS) is 14.1. The van der Waals surface area contributed by atoms with Crippen molar-refractivity contribution >= 4 is 39.5 Å². The molecular formula is C71H138O17P2. The Labute approximate surface area is 549 Å². The monoisotopic (exact) mass is 1320 g/mol. The molecule has 5 atom stereocenters. The second kappa shape index (κ2) is 63.1. The van der Waals surface area contributed by atoms with E-state index in [0.29, 0.717) is 25.7 Å². The summed E-state index contributed by atoms with van der Waals surface area (Å²) in [5, 5.41) is 10.6. The highest BCUT2D eigenvalue weighted by Crippen LogP contribution is 2.45. The van der Waals surface area contributed by atoms with Crippen LogP contribution in [0, 0.1) is 11.8 Å². The van der Waals surface area contributed by atoms with E-state index in [4.69, 9.17) is 37.0 Å². The minimum atomic E-state index is -4.95. The van der Waals surface area contributed by atoms with E-state index in [1.165, 1.54) is 173 Å². The van der Waals surface area contributed by atoms with E-state index in [1.807, 2.05) is 0 Å². The number of ether oxygens (including phenoxy) is 4. The Bertz CT molecular complexity index is 1750. The summed E-state index contributed by atoms with van der Waals surface area (Å²) in [6, 6.07) is 0. The van der Waals surface area contributed by atoms with Crippen molar-refractivity contribution < 1.29 is 80.2 Å². The molecule has 0 fully saturated rings. The average molecular weight is 1330 g/mol. The molecular weight excluding hydrogens is 1190 g/mol. The van der Waals surface area contributed by atoms with E-state index in [9.17, 15) is 43.2 Å². The molecule has 0 aromatic rings. The zero-order chi connectivity index (χ0) is 66.5. The third-order valence-corrected chi connectivity index (χ3v) is 18.4. The van der Waals surface area contributed by atoms with Gasteiger partial charge in [0, 0.05) is 25.7 Å². The van der Waals surface area contributed by atoms with Gasteiger partial charge in [-0.05, 0) is 37.5 Å². The minimum absolute atomic E-state index is 0.104. The summed E-state index contributed by atoms with van der Waals surface area (Å²) in [5.74, 6) is -0.606. The van der Waals surface area contributed by atoms with Crippen molar-refractivity contribution in [3.05, 3.63) is 0 Å². The van der Waals surface area contributed by atoms with Crippen LogP contribution in [0.5, 0.6) is 0 Å². The molecule has 0 bridgehead atoms. The number of phosphoric acid groups is 2. The highest BCUT2D eigenvalue weighted by molar-refractivity contribution is 7.47. The number of aliphatic hydroxyl groups excluding tert-OH is 1. The van der Waals surface area contributed by atoms with Gasteiger partial charge in [0.1, 0.15) is 19.3 Å². The van der Waals surface area contributed by atoms with Crippen LogP contribution in [0.2, 0.25) is 0 Å². The number of phosphoric ester groups is 2. The molecule has 0 saturated heterocycles. The first-order chi connectivity index (χ1) is 43.4. The van der Waals surface area contributed by atoms with Crippen LogP contribution in [0.3, 0.4) is 0 Å². The lowest BCUT2D eigenvalue weighted by Gasteiger charge is -2.21. The maximum atomic E-state index is 13.0. The summed E-state index contributed by atoms with van der Waals surface area (Å²) in [4.78, 5) is 72.3. The van der Waals surface area contributed by atoms with Gasteiger partial charge >= 0.3 is 39.5 Å². The van der Waals surface area contributed by atoms with E-state index in [1.54, 1.807) is 0 Å². The molecule has 0 spiro atoms. The molecule has 0 heterocycles. The largest absolute Gasteiger partial charge is 0.472 e. The Morgan fingerprint density at radius 3 is 0.756 bits per heavy atom. The highest BCUT2D eigenvalue weighted by Gasteiger charge is 2.30. The number of hydrogen-bond acceptors (Lipinski definition) is 15. The molecule has 0 aromatic carbocycles. The predicted octanol–water partition coefficient (Wildman–Crippen LogP) is 20.4. The average Bonchev–Trinajstić information content (AvgIpc) is 3.69. The van der Waals surface area contributed by atoms with Crippen LogP contribution < -0.4 is 0 Å². The third kappa shape index (κ3) is 64.8. The summed E-state index contributed by atoms with van der Waals surface area (Å²) in [7, 11) is -9.89. The first-order valence-corrected chi connectivity index (χ1v) is 40.0. The molecule has 0 aliphatic carbocycles. The number of hydrogen-bond donors (Lipinski definition) is 3. The lowest BCUT2D eigenvalue weighted by molar-refractivity contribution is -0.161. The third-order valence-electron chi connectivity index (χ3n) is 16.5. The van der Waals surface area contributed by atoms with Gasteiger partial charge in [0.15, 0.2) is 12.2 Å². The second-order valence-electron chi connectivity index (χ2n) is 26.6. The predicted molar refractivity (Wildman–Crippen MR) is 363 cm³/mol. The zero-order valence-corrected chi connectivity index (χ0v) is 60.2. The molecule has 90 heavy (non-hydrogen) atoms. The van der Waals surface area contributed by atoms with Crippen molar-refractivity contribution in [3.63, 3.8) is 0 Å². The van der Waals surface area contributed by atoms with E-state index < -0.39 is 97.5 Å². The van der Waals surface area contributed by atoms with Crippen LogP contribution in [0.15, 0.2) is 0 Å². The fraction of sp³-hybridized carbons (Fsp3) is 0.944. The van der Waals surface area contributed by atoms with E-state index >= 15 is 0 Å². The van der Waals surface area contributed by atoms with Crippen LogP contribution in [-0.4, -0.2) is 96.7 Å². The van der Waals surface area contributed by atoms with Crippen LogP contribution in [0.4, 0.5) is 0 Å². The number of esters is 4. The minimum Gasteiger partial charge on any atom is -0.462 e. The quantitative estimate of drug-likeness (QED) is 0.0222. The summed E-state index contributed by atoms with van der Waals surface area (Å²) in [6.07, 6.45) is 49.0. The first kappa shape index (κ1) is 88.1. The first-order valence-electron chi connectivity index (χ1n) is 37.0. The molecule has 2 unspecified atom stereocenters. The summed E-state index contributed by atoms with van der Waals surface area (Å²) in [6.45, 7) is 9.47. The number of rotatable bonds is 70. The number of unbranched alkanes of at least 4 members (excludes halogenated alkanes) is 40. The Morgan fingerprint density at radius 2 is 0.511 bits per heavy atom. The Hall–Kier alpha value is -1.94. The summed E-state index contributed by atoms with van der Waals surface area (Å²) in [5.41, 5.74) is 0. The molecule has 0 radical (unpaired) electrons. The van der Waals surface area contributed by atoms with Crippen LogP contribution in [0.1, 0.15) is 363 Å². The van der Waals surface area contributed by atoms with Crippen molar-refractivity contribution in [2.45, 2.75) is 381 Å². The maximum absolute atomic E-state index is 13.0. The number of carbonyl (C=O) groups excluding carboxylic acids is 4. The second-order valence-corrected chi connectivity index (χ2v) is 29.5. The molecule has 19 heteroatoms. The van der Waals surface area contributed by atoms with E-state index in [0.717, 1.165) is 108 Å². The van der Waals surface area contributed by atoms with Crippen molar-refractivity contribution in [2.75, 3.05) is 39.6 Å². The van der Waals surface area contributed by atoms with E-state index in [2.05, 4.69) is 41.5 Å². The fourth-order valence-electron chi connectivity index (χ4n) is 10.8. The molecule has 17 nitrogen and oxygen atoms in total. The molecule has 0 aliphatic heterocycles. The van der Waals surface area contributed by atoms with E-state index in [-0.39, 0.29) is 25.7 Å². The molecule has 534 valence electrons. The van der Waals surface area contributed by atoms with Gasteiger partial charge in [0.25, 0.3) is 0 Å². The van der Waals surface area contributed by atoms with Crippen molar-refractivity contribution in [2.24, 2.45) is 11.8 Å². The summed E-state index contributed by atoms with van der Waals surface area (Å²) >= 11 is 0. The Balaban J connectivity index is 5.16. The van der Waals surface area contributed by atoms with Crippen molar-refractivity contribution in [3.8, 4) is 0 Å². The molecule has 0 aromatic heterocycles. The van der Waals surface area contributed by atoms with Crippen molar-refractivity contribution in [1.82, 2.24) is 0 Å². The Kier molecular flexibility index (Phi) is 61.8. The Morgan fingerprint density at radius 1 is 0.300 bits per heavy atom. The maximum Gasteiger partial charge on any atom is 0.472 e. The summed E-state index contributed by atoms with van der Waals surface area (Å²) < 4.78 is 68.1. The molecule has 3 N–H and O–H groups in total. The van der Waals surface area contributed by atoms with Gasteiger partial charge in [-0.1, -0.05) is 311 Å². The fourth-order valence-corrected chi connectivity index (χ4v) is 12.3. The highest BCUT2D eigenvalue weighted by atomic mass is 31.2. The van der Waals surface area contributed by atoms with Crippen molar-refractivity contribution in [1.29, 1.82) is 0 Å². The molecule has 0 saturated carbocycles. The topological polar surface area (TPSA) is 237 Å². The van der Waals surface area contributed by atoms with Gasteiger partial charge < -0.3 is 33.8 Å². The van der Waals surface area contributed by atoms with Gasteiger partial charge in [-0.3, -0.25) is 37.3 Å². The van der Waals surface area contributed by atoms with Gasteiger partial charge in [0.2, 0.25) is 0 Å². The lowest BCUT2D eigenvalue weighted by atomic mass is 10.0. The molecule has 0 amide bonds. The molecule has 0 aliphatic rings. The van der Waals surface area contributed by atoms with Crippen LogP contribution >= 0.6 is 15.6 Å². The zero-order valence-electron chi connectivity index (χ0n) is 58.4. The van der Waals surface area contributed by atoms with Gasteiger partial charge in [-0.2, -0.15) is 0 Å². The van der Waals surface area contributed by atoms with Crippen LogP contribution in [-0.2, 0) is 65.4 Å². The van der Waals surface area contributed by atoms with Crippen LogP contribution in [0.25, 0.3) is 0 Å². The SMILES string of the molecule is CCCCCCCCCCCCCCCCCCCC(=O)O[C@H](COC(=O)CCCCCCCCCCCCCCCC(C)C)COP(=O)(O)OC[C@@H](O)COP(=O)(O)OC[C@@H](COC(=O)CCCCCCC)OC(=O)CCCCCCCCCCCC(C)C. The smallest absolute Gasteiger partial charge is 0.462 e. The van der Waals surface area contributed by atoms with Gasteiger partial charge in [-0.15, -0.1) is 0 Å². The number of aliphatic hydroxyl groups is 1. The number of carbonyl (C=O) groups is 4. The lowest BCUT2D eigenvalue weighted by Crippen LogP contribution is -2.30. The molecule has 0 rings (SSSR count). The van der Waals surface area contributed by atoms with Gasteiger partial charge in [-0.25, -0.2) is 9.13 Å². The standard InChI is InChI=1S/C71H138O17P2/c1-7-9-11-13-14-15-16-17-18-19-20-23-27-32-37-43-49-55-70(75)88-67(60-82-69(74)54-48-42-36-31-26-24-21-22-25-29-34-40-45-51-63(3)4)62-86-90(79,80)84-58-65(72)57-83-89(77,78)85-61-66(59-81-68(73)53-47-39-12-10-8-2)87-71(76)56-50-44-38-33-28-30-35-41-46-52-64(5)6/h63-67,72H,7-62H2,1-6H3,(H,77,78)(H,79,80)/t65-,66+,67+/m0/s1.